The molecule has 0 spiro atoms. The van der Waals surface area contributed by atoms with Crippen molar-refractivity contribution in [1.29, 1.82) is 5.26 Å². The summed E-state index contributed by atoms with van der Waals surface area (Å²) in [5.74, 6) is -1.52. The molecule has 6 nitrogen and oxygen atoms in total. The molecule has 0 aromatic heterocycles. The molecule has 0 aliphatic rings. The molecule has 0 heterocycles. The molecule has 2 aromatic rings. The second-order valence-corrected chi connectivity index (χ2v) is 5.59. The van der Waals surface area contributed by atoms with E-state index in [2.05, 4.69) is 10.6 Å². The molecule has 0 saturated heterocycles. The van der Waals surface area contributed by atoms with Crippen LogP contribution in [0.3, 0.4) is 0 Å². The third-order valence-electron chi connectivity index (χ3n) is 3.47. The van der Waals surface area contributed by atoms with E-state index < -0.39 is 11.7 Å². The van der Waals surface area contributed by atoms with Crippen molar-refractivity contribution in [3.63, 3.8) is 0 Å². The minimum Gasteiger partial charge on any atom is -0.483 e. The number of hydrogen-bond acceptors (Lipinski definition) is 4. The summed E-state index contributed by atoms with van der Waals surface area (Å²) in [6.45, 7) is -0.227. The molecule has 0 atom stereocenters. The van der Waals surface area contributed by atoms with Crippen molar-refractivity contribution in [3.05, 3.63) is 63.9 Å². The van der Waals surface area contributed by atoms with Crippen LogP contribution in [0.25, 0.3) is 0 Å². The van der Waals surface area contributed by atoms with Gasteiger partial charge in [-0.3, -0.25) is 9.59 Å². The number of amides is 2. The van der Waals surface area contributed by atoms with E-state index in [0.29, 0.717) is 11.1 Å². The number of ether oxygens (including phenoxy) is 1. The first-order valence-electron chi connectivity index (χ1n) is 7.55. The lowest BCUT2D eigenvalue weighted by Crippen LogP contribution is -2.26. The Bertz CT molecular complexity index is 880. The number of carbonyl (C=O) groups is 2. The molecule has 0 aliphatic carbocycles. The van der Waals surface area contributed by atoms with Gasteiger partial charge in [0.25, 0.3) is 11.8 Å². The summed E-state index contributed by atoms with van der Waals surface area (Å²) in [6, 6.07) is 10.7. The van der Waals surface area contributed by atoms with Crippen molar-refractivity contribution < 1.29 is 18.7 Å². The number of likely N-dealkylation sites (N-methyl/N-ethyl adjacent to an activating group) is 1. The topological polar surface area (TPSA) is 91.2 Å². The number of nitriles is 1. The zero-order valence-corrected chi connectivity index (χ0v) is 14.6. The molecular formula is C18H15ClFN3O3. The van der Waals surface area contributed by atoms with Gasteiger partial charge < -0.3 is 15.4 Å². The van der Waals surface area contributed by atoms with E-state index in [1.165, 1.54) is 31.3 Å². The fourth-order valence-corrected chi connectivity index (χ4v) is 2.24. The van der Waals surface area contributed by atoms with Crippen molar-refractivity contribution in [1.82, 2.24) is 10.6 Å². The molecular weight excluding hydrogens is 361 g/mol. The Morgan fingerprint density at radius 3 is 2.77 bits per heavy atom. The minimum atomic E-state index is -0.803. The Morgan fingerprint density at radius 2 is 2.08 bits per heavy atom. The normalized spacial score (nSPS) is 9.92. The summed E-state index contributed by atoms with van der Waals surface area (Å²) in [5, 5.41) is 13.8. The quantitative estimate of drug-likeness (QED) is 0.811. The maximum absolute atomic E-state index is 13.9. The highest BCUT2D eigenvalue weighted by Gasteiger charge is 2.15. The van der Waals surface area contributed by atoms with Gasteiger partial charge >= 0.3 is 0 Å². The molecule has 0 saturated carbocycles. The van der Waals surface area contributed by atoms with Gasteiger partial charge in [-0.25, -0.2) is 4.39 Å². The Balaban J connectivity index is 2.15. The summed E-state index contributed by atoms with van der Waals surface area (Å²) in [5.41, 5.74) is 0.690. The average molecular weight is 376 g/mol. The maximum atomic E-state index is 13.9. The smallest absolute Gasteiger partial charge is 0.257 e. The lowest BCUT2D eigenvalue weighted by atomic mass is 10.1. The van der Waals surface area contributed by atoms with Crippen LogP contribution < -0.4 is 15.4 Å². The van der Waals surface area contributed by atoms with Crippen LogP contribution in [0, 0.1) is 17.1 Å². The Kier molecular flexibility index (Phi) is 6.53. The zero-order chi connectivity index (χ0) is 19.1. The van der Waals surface area contributed by atoms with Crippen molar-refractivity contribution >= 4 is 23.4 Å². The highest BCUT2D eigenvalue weighted by molar-refractivity contribution is 6.31. The first-order chi connectivity index (χ1) is 12.5. The van der Waals surface area contributed by atoms with Crippen molar-refractivity contribution in [2.75, 3.05) is 13.7 Å². The largest absolute Gasteiger partial charge is 0.483 e. The zero-order valence-electron chi connectivity index (χ0n) is 13.8. The molecule has 2 amide bonds. The molecule has 2 rings (SSSR count). The number of carbonyl (C=O) groups excluding carboxylic acids is 2. The Morgan fingerprint density at radius 1 is 1.31 bits per heavy atom. The lowest BCUT2D eigenvalue weighted by Gasteiger charge is -2.13. The van der Waals surface area contributed by atoms with Gasteiger partial charge in [-0.2, -0.15) is 5.26 Å². The molecule has 0 unspecified atom stereocenters. The third-order valence-corrected chi connectivity index (χ3v) is 3.76. The van der Waals surface area contributed by atoms with E-state index in [-0.39, 0.29) is 35.4 Å². The van der Waals surface area contributed by atoms with Crippen molar-refractivity contribution in [3.8, 4) is 11.8 Å². The molecule has 26 heavy (non-hydrogen) atoms. The number of nitrogens with one attached hydrogen (secondary N) is 2. The van der Waals surface area contributed by atoms with Crippen LogP contribution in [0.1, 0.15) is 21.5 Å². The lowest BCUT2D eigenvalue weighted by molar-refractivity contribution is -0.122. The monoisotopic (exact) mass is 375 g/mol. The van der Waals surface area contributed by atoms with Crippen LogP contribution in [-0.4, -0.2) is 25.5 Å². The fraction of sp³-hybridized carbons (Fsp3) is 0.167. The molecule has 0 aliphatic heterocycles. The molecule has 0 radical (unpaired) electrons. The maximum Gasteiger partial charge on any atom is 0.257 e. The van der Waals surface area contributed by atoms with E-state index in [9.17, 15) is 14.0 Å². The van der Waals surface area contributed by atoms with Crippen LogP contribution in [-0.2, 0) is 11.3 Å². The molecule has 8 heteroatoms. The summed E-state index contributed by atoms with van der Waals surface area (Å²) < 4.78 is 19.3. The second-order valence-electron chi connectivity index (χ2n) is 5.18. The predicted octanol–water partition coefficient (Wildman–Crippen LogP) is 2.41. The SMILES string of the molecule is CNC(=O)COc1cc(C#N)ccc1CNC(=O)c1cccc(Cl)c1F. The highest BCUT2D eigenvalue weighted by atomic mass is 35.5. The van der Waals surface area contributed by atoms with Gasteiger partial charge in [-0.15, -0.1) is 0 Å². The van der Waals surface area contributed by atoms with E-state index >= 15 is 0 Å². The van der Waals surface area contributed by atoms with Crippen molar-refractivity contribution in [2.24, 2.45) is 0 Å². The van der Waals surface area contributed by atoms with Crippen LogP contribution in [0.15, 0.2) is 36.4 Å². The fourth-order valence-electron chi connectivity index (χ4n) is 2.07. The first kappa shape index (κ1) is 19.2. The summed E-state index contributed by atoms with van der Waals surface area (Å²) in [6.07, 6.45) is 0. The van der Waals surface area contributed by atoms with Gasteiger partial charge in [0.1, 0.15) is 5.75 Å². The summed E-state index contributed by atoms with van der Waals surface area (Å²) >= 11 is 5.67. The molecule has 134 valence electrons. The van der Waals surface area contributed by atoms with Crippen LogP contribution in [0.5, 0.6) is 5.75 Å². The summed E-state index contributed by atoms with van der Waals surface area (Å²) in [4.78, 5) is 23.5. The standard InChI is InChI=1S/C18H15ClFN3O3/c1-22-16(24)10-26-15-7-11(8-21)5-6-12(15)9-23-18(25)13-3-2-4-14(19)17(13)20/h2-7H,9-10H2,1H3,(H,22,24)(H,23,25). The Hall–Kier alpha value is -3.11. The third kappa shape index (κ3) is 4.71. The van der Waals surface area contributed by atoms with Crippen LogP contribution >= 0.6 is 11.6 Å². The molecule has 2 N–H and O–H groups in total. The number of halogens is 2. The van der Waals surface area contributed by atoms with E-state index in [1.54, 1.807) is 12.1 Å². The minimum absolute atomic E-state index is 0.0135. The molecule has 0 fully saturated rings. The second kappa shape index (κ2) is 8.83. The van der Waals surface area contributed by atoms with Gasteiger partial charge in [-0.1, -0.05) is 23.7 Å². The van der Waals surface area contributed by atoms with E-state index in [1.807, 2.05) is 6.07 Å². The van der Waals surface area contributed by atoms with Gasteiger partial charge in [0.15, 0.2) is 12.4 Å². The van der Waals surface area contributed by atoms with Crippen LogP contribution in [0.2, 0.25) is 5.02 Å². The van der Waals surface area contributed by atoms with Gasteiger partial charge in [0, 0.05) is 19.2 Å². The van der Waals surface area contributed by atoms with E-state index in [0.717, 1.165) is 0 Å². The summed E-state index contributed by atoms with van der Waals surface area (Å²) in [7, 11) is 1.47. The van der Waals surface area contributed by atoms with Crippen molar-refractivity contribution in [2.45, 2.75) is 6.54 Å². The number of rotatable bonds is 6. The molecule has 0 bridgehead atoms. The average Bonchev–Trinajstić information content (AvgIpc) is 2.66. The number of nitrogens with zero attached hydrogens (tertiary/aromatic N) is 1. The first-order valence-corrected chi connectivity index (χ1v) is 7.92. The Labute approximate surface area is 154 Å². The highest BCUT2D eigenvalue weighted by Crippen LogP contribution is 2.21. The number of hydrogen-bond donors (Lipinski definition) is 2. The van der Waals surface area contributed by atoms with Crippen LogP contribution in [0.4, 0.5) is 4.39 Å². The predicted molar refractivity (Wildman–Crippen MR) is 93.3 cm³/mol. The van der Waals surface area contributed by atoms with E-state index in [4.69, 9.17) is 21.6 Å². The van der Waals surface area contributed by atoms with Gasteiger partial charge in [0.2, 0.25) is 0 Å². The van der Waals surface area contributed by atoms with Gasteiger partial charge in [-0.05, 0) is 24.3 Å². The molecule has 2 aromatic carbocycles. The van der Waals surface area contributed by atoms with Gasteiger partial charge in [0.05, 0.1) is 22.2 Å². The number of benzene rings is 2.